The van der Waals surface area contributed by atoms with Crippen molar-refractivity contribution in [1.82, 2.24) is 10.2 Å². The van der Waals surface area contributed by atoms with Gasteiger partial charge in [0, 0.05) is 23.0 Å². The molecule has 0 saturated heterocycles. The van der Waals surface area contributed by atoms with Gasteiger partial charge in [0.25, 0.3) is 5.91 Å². The van der Waals surface area contributed by atoms with E-state index in [-0.39, 0.29) is 24.3 Å². The van der Waals surface area contributed by atoms with Gasteiger partial charge in [0.1, 0.15) is 12.6 Å². The van der Waals surface area contributed by atoms with Crippen molar-refractivity contribution < 1.29 is 14.4 Å². The molecule has 0 saturated carbocycles. The molecule has 0 aliphatic carbocycles. The smallest absolute Gasteiger partial charge is 0.259 e. The molecule has 3 aromatic carbocycles. The minimum atomic E-state index is -0.624. The average Bonchev–Trinajstić information content (AvgIpc) is 3.09. The summed E-state index contributed by atoms with van der Waals surface area (Å²) in [4.78, 5) is 43.4. The summed E-state index contributed by atoms with van der Waals surface area (Å²) in [7, 11) is 0. The molecule has 4 rings (SSSR count). The molecule has 3 aromatic rings. The number of nitrogens with zero attached hydrogens (tertiary/aromatic N) is 2. The Morgan fingerprint density at radius 3 is 2.31 bits per heavy atom. The number of amides is 3. The fourth-order valence-electron chi connectivity index (χ4n) is 4.71. The summed E-state index contributed by atoms with van der Waals surface area (Å²) in [5, 5.41) is 4.87. The maximum atomic E-state index is 13.8. The number of hydrogen-bond donors (Lipinski definition) is 1. The predicted octanol–water partition coefficient (Wildman–Crippen LogP) is 4.56. The highest BCUT2D eigenvalue weighted by molar-refractivity contribution is 6.26. The Morgan fingerprint density at radius 1 is 0.971 bits per heavy atom. The first-order valence-corrected chi connectivity index (χ1v) is 12.2. The zero-order chi connectivity index (χ0) is 25.2. The summed E-state index contributed by atoms with van der Waals surface area (Å²) in [6.07, 6.45) is 1.10. The second kappa shape index (κ2) is 9.90. The molecular formula is C29H33N3O3. The first-order chi connectivity index (χ1) is 16.7. The summed E-state index contributed by atoms with van der Waals surface area (Å²) in [6, 6.07) is 20.7. The third kappa shape index (κ3) is 5.21. The van der Waals surface area contributed by atoms with Crippen molar-refractivity contribution in [2.24, 2.45) is 0 Å². The quantitative estimate of drug-likeness (QED) is 0.523. The highest BCUT2D eigenvalue weighted by Crippen LogP contribution is 2.37. The number of benzene rings is 3. The van der Waals surface area contributed by atoms with Gasteiger partial charge in [-0.3, -0.25) is 19.3 Å². The van der Waals surface area contributed by atoms with E-state index in [1.54, 1.807) is 15.9 Å². The van der Waals surface area contributed by atoms with Crippen LogP contribution in [0.15, 0.2) is 66.7 Å². The van der Waals surface area contributed by atoms with Crippen LogP contribution in [-0.2, 0) is 16.0 Å². The van der Waals surface area contributed by atoms with Crippen LogP contribution in [0.5, 0.6) is 0 Å². The zero-order valence-electron chi connectivity index (χ0n) is 20.9. The van der Waals surface area contributed by atoms with Gasteiger partial charge in [0.05, 0.1) is 5.69 Å². The summed E-state index contributed by atoms with van der Waals surface area (Å²) in [6.45, 7) is 7.96. The SMILES string of the molecule is CCC(C(=O)NC(C)(C)C)N(CCc1ccccc1)C(=O)CN1C(=O)c2cccc3cccc1c23. The third-order valence-corrected chi connectivity index (χ3v) is 6.31. The Labute approximate surface area is 206 Å². The van der Waals surface area contributed by atoms with E-state index < -0.39 is 11.6 Å². The van der Waals surface area contributed by atoms with E-state index in [2.05, 4.69) is 5.32 Å². The van der Waals surface area contributed by atoms with Gasteiger partial charge in [-0.15, -0.1) is 0 Å². The molecule has 0 aromatic heterocycles. The van der Waals surface area contributed by atoms with E-state index in [0.29, 0.717) is 24.9 Å². The van der Waals surface area contributed by atoms with E-state index >= 15 is 0 Å². The monoisotopic (exact) mass is 471 g/mol. The van der Waals surface area contributed by atoms with Crippen molar-refractivity contribution >= 4 is 34.2 Å². The minimum Gasteiger partial charge on any atom is -0.350 e. The topological polar surface area (TPSA) is 69.7 Å². The lowest BCUT2D eigenvalue weighted by atomic mass is 10.1. The molecule has 0 radical (unpaired) electrons. The molecule has 0 bridgehead atoms. The van der Waals surface area contributed by atoms with Crippen LogP contribution in [0.2, 0.25) is 0 Å². The number of anilines is 1. The molecule has 6 nitrogen and oxygen atoms in total. The second-order valence-electron chi connectivity index (χ2n) is 10.1. The molecule has 0 spiro atoms. The number of rotatable bonds is 8. The van der Waals surface area contributed by atoms with Crippen LogP contribution in [0.25, 0.3) is 10.8 Å². The number of nitrogens with one attached hydrogen (secondary N) is 1. The summed E-state index contributed by atoms with van der Waals surface area (Å²) < 4.78 is 0. The van der Waals surface area contributed by atoms with Crippen molar-refractivity contribution in [3.63, 3.8) is 0 Å². The Kier molecular flexibility index (Phi) is 6.92. The maximum Gasteiger partial charge on any atom is 0.259 e. The van der Waals surface area contributed by atoms with E-state index in [4.69, 9.17) is 0 Å². The molecule has 35 heavy (non-hydrogen) atoms. The van der Waals surface area contributed by atoms with E-state index in [1.807, 2.05) is 88.4 Å². The van der Waals surface area contributed by atoms with Crippen molar-refractivity contribution in [1.29, 1.82) is 0 Å². The molecule has 0 fully saturated rings. The van der Waals surface area contributed by atoms with Gasteiger partial charge < -0.3 is 10.2 Å². The highest BCUT2D eigenvalue weighted by Gasteiger charge is 2.35. The molecular weight excluding hydrogens is 438 g/mol. The molecule has 1 aliphatic rings. The lowest BCUT2D eigenvalue weighted by molar-refractivity contribution is -0.140. The van der Waals surface area contributed by atoms with Crippen LogP contribution >= 0.6 is 0 Å². The van der Waals surface area contributed by atoms with Gasteiger partial charge >= 0.3 is 0 Å². The van der Waals surface area contributed by atoms with Crippen LogP contribution in [0.3, 0.4) is 0 Å². The molecule has 6 heteroatoms. The van der Waals surface area contributed by atoms with Gasteiger partial charge in [-0.1, -0.05) is 61.5 Å². The van der Waals surface area contributed by atoms with Gasteiger partial charge in [-0.05, 0) is 56.7 Å². The number of hydrogen-bond acceptors (Lipinski definition) is 3. The maximum absolute atomic E-state index is 13.8. The predicted molar refractivity (Wildman–Crippen MR) is 139 cm³/mol. The van der Waals surface area contributed by atoms with Crippen LogP contribution in [0.4, 0.5) is 5.69 Å². The molecule has 1 heterocycles. The first kappa shape index (κ1) is 24.5. The second-order valence-corrected chi connectivity index (χ2v) is 10.1. The Hall–Kier alpha value is -3.67. The molecule has 1 atom stereocenters. The van der Waals surface area contributed by atoms with Gasteiger partial charge in [0.2, 0.25) is 11.8 Å². The fraction of sp³-hybridized carbons (Fsp3) is 0.345. The number of carbonyl (C=O) groups is 3. The van der Waals surface area contributed by atoms with Crippen molar-refractivity contribution in [3.8, 4) is 0 Å². The largest absolute Gasteiger partial charge is 0.350 e. The molecule has 1 unspecified atom stereocenters. The van der Waals surface area contributed by atoms with E-state index in [9.17, 15) is 14.4 Å². The van der Waals surface area contributed by atoms with Gasteiger partial charge in [-0.2, -0.15) is 0 Å². The van der Waals surface area contributed by atoms with Crippen LogP contribution in [0.1, 0.15) is 50.0 Å². The number of carbonyl (C=O) groups excluding carboxylic acids is 3. The summed E-state index contributed by atoms with van der Waals surface area (Å²) in [5.74, 6) is -0.602. The lowest BCUT2D eigenvalue weighted by Crippen LogP contribution is -2.55. The van der Waals surface area contributed by atoms with E-state index in [0.717, 1.165) is 22.0 Å². The van der Waals surface area contributed by atoms with Crippen molar-refractivity contribution in [2.45, 2.75) is 52.1 Å². The Bertz CT molecular complexity index is 1240. The third-order valence-electron chi connectivity index (χ3n) is 6.31. The fourth-order valence-corrected chi connectivity index (χ4v) is 4.71. The summed E-state index contributed by atoms with van der Waals surface area (Å²) >= 11 is 0. The normalized spacial score (nSPS) is 13.7. The van der Waals surface area contributed by atoms with Crippen LogP contribution in [0, 0.1) is 0 Å². The zero-order valence-corrected chi connectivity index (χ0v) is 20.9. The van der Waals surface area contributed by atoms with Gasteiger partial charge in [-0.25, -0.2) is 0 Å². The van der Waals surface area contributed by atoms with E-state index in [1.165, 1.54) is 0 Å². The molecule has 1 N–H and O–H groups in total. The molecule has 182 valence electrons. The van der Waals surface area contributed by atoms with Crippen LogP contribution < -0.4 is 10.2 Å². The standard InChI is InChI=1S/C29H33N3O3/c1-5-23(27(34)30-29(2,3)4)31(18-17-20-11-7-6-8-12-20)25(33)19-32-24-16-10-14-21-13-9-15-22(26(21)24)28(32)35/h6-16,23H,5,17-19H2,1-4H3,(H,30,34). The van der Waals surface area contributed by atoms with Gasteiger partial charge in [0.15, 0.2) is 0 Å². The lowest BCUT2D eigenvalue weighted by Gasteiger charge is -2.34. The molecule has 3 amide bonds. The Balaban J connectivity index is 1.61. The highest BCUT2D eigenvalue weighted by atomic mass is 16.2. The molecule has 1 aliphatic heterocycles. The van der Waals surface area contributed by atoms with Crippen LogP contribution in [-0.4, -0.2) is 47.3 Å². The average molecular weight is 472 g/mol. The first-order valence-electron chi connectivity index (χ1n) is 12.2. The minimum absolute atomic E-state index is 0.110. The summed E-state index contributed by atoms with van der Waals surface area (Å²) in [5.41, 5.74) is 2.03. The Morgan fingerprint density at radius 2 is 1.66 bits per heavy atom. The van der Waals surface area contributed by atoms with Crippen molar-refractivity contribution in [3.05, 3.63) is 77.9 Å². The van der Waals surface area contributed by atoms with Crippen molar-refractivity contribution in [2.75, 3.05) is 18.0 Å².